The summed E-state index contributed by atoms with van der Waals surface area (Å²) in [7, 11) is 1.53. The van der Waals surface area contributed by atoms with Crippen LogP contribution in [0.4, 0.5) is 4.39 Å². The highest BCUT2D eigenvalue weighted by Gasteiger charge is 2.54. The van der Waals surface area contributed by atoms with Gasteiger partial charge in [0, 0.05) is 45.1 Å². The van der Waals surface area contributed by atoms with E-state index in [1.807, 2.05) is 0 Å². The fourth-order valence-corrected chi connectivity index (χ4v) is 4.80. The molecule has 0 saturated carbocycles. The molecule has 0 aliphatic carbocycles. The number of methoxy groups -OCH3 is 1. The number of ether oxygens (including phenoxy) is 2. The van der Waals surface area contributed by atoms with Crippen LogP contribution in [0.2, 0.25) is 5.02 Å². The van der Waals surface area contributed by atoms with E-state index in [1.165, 1.54) is 30.2 Å². The molecule has 1 N–H and O–H groups in total. The first kappa shape index (κ1) is 25.1. The molecule has 2 aliphatic heterocycles. The average molecular weight is 504 g/mol. The largest absolute Gasteiger partial charge is 0.383 e. The van der Waals surface area contributed by atoms with Gasteiger partial charge in [-0.15, -0.1) is 0 Å². The van der Waals surface area contributed by atoms with Crippen molar-refractivity contribution in [2.24, 2.45) is 0 Å². The molecule has 186 valence electrons. The molecule has 1 spiro atoms. The van der Waals surface area contributed by atoms with E-state index in [4.69, 9.17) is 21.1 Å². The van der Waals surface area contributed by atoms with Crippen molar-refractivity contribution < 1.29 is 28.2 Å². The van der Waals surface area contributed by atoms with Gasteiger partial charge < -0.3 is 19.7 Å². The van der Waals surface area contributed by atoms with Crippen molar-refractivity contribution in [3.63, 3.8) is 0 Å². The maximum atomic E-state index is 13.9. The molecule has 8 nitrogen and oxygen atoms in total. The summed E-state index contributed by atoms with van der Waals surface area (Å²) >= 11 is 6.20. The number of carbonyl (C=O) groups excluding carboxylic acids is 3. The summed E-state index contributed by atoms with van der Waals surface area (Å²) in [4.78, 5) is 42.6. The highest BCUT2D eigenvalue weighted by atomic mass is 35.5. The lowest BCUT2D eigenvalue weighted by Gasteiger charge is -2.44. The predicted molar refractivity (Wildman–Crippen MR) is 127 cm³/mol. The monoisotopic (exact) mass is 503 g/mol. The molecule has 1 atom stereocenters. The lowest BCUT2D eigenvalue weighted by molar-refractivity contribution is -0.128. The van der Waals surface area contributed by atoms with Crippen LogP contribution in [0.3, 0.4) is 0 Å². The number of rotatable bonds is 6. The molecule has 2 fully saturated rings. The number of nitrogens with one attached hydrogen (secondary N) is 1. The Morgan fingerprint density at radius 1 is 1.14 bits per heavy atom. The van der Waals surface area contributed by atoms with Crippen LogP contribution < -0.4 is 5.32 Å². The summed E-state index contributed by atoms with van der Waals surface area (Å²) in [5, 5.41) is 3.13. The third kappa shape index (κ3) is 5.17. The minimum Gasteiger partial charge on any atom is -0.383 e. The second-order valence-electron chi connectivity index (χ2n) is 8.51. The molecule has 2 heterocycles. The Balaban J connectivity index is 1.57. The van der Waals surface area contributed by atoms with E-state index < -0.39 is 23.5 Å². The molecule has 3 amide bonds. The lowest BCUT2D eigenvalue weighted by atomic mass is 9.96. The Labute approximate surface area is 207 Å². The number of benzene rings is 2. The topological polar surface area (TPSA) is 88.2 Å². The van der Waals surface area contributed by atoms with E-state index in [2.05, 4.69) is 5.32 Å². The van der Waals surface area contributed by atoms with Crippen molar-refractivity contribution in [3.8, 4) is 0 Å². The van der Waals surface area contributed by atoms with Gasteiger partial charge in [-0.1, -0.05) is 29.8 Å². The van der Waals surface area contributed by atoms with Crippen LogP contribution in [-0.2, 0) is 14.3 Å². The predicted octanol–water partition coefficient (Wildman–Crippen LogP) is 2.72. The average Bonchev–Trinajstić information content (AvgIpc) is 3.22. The van der Waals surface area contributed by atoms with Gasteiger partial charge in [-0.05, 0) is 30.3 Å². The first-order chi connectivity index (χ1) is 16.9. The molecule has 2 aromatic carbocycles. The van der Waals surface area contributed by atoms with Crippen molar-refractivity contribution in [3.05, 3.63) is 70.5 Å². The fraction of sp³-hybridized carbons (Fsp3) is 0.400. The summed E-state index contributed by atoms with van der Waals surface area (Å²) < 4.78 is 25.0. The van der Waals surface area contributed by atoms with Gasteiger partial charge in [0.25, 0.3) is 11.8 Å². The standard InChI is InChI=1S/C25H27ClFN3O5/c1-34-14-11-28-22(31)21-16-35-25(30(21)23(32)17-5-4-6-18(27)15-17)9-12-29(13-10-25)24(33)19-7-2-3-8-20(19)26/h2-8,15,21H,9-14,16H2,1H3,(H,28,31)/t21-/m0/s1. The number of piperidine rings is 1. The van der Waals surface area contributed by atoms with Crippen molar-refractivity contribution in [2.75, 3.05) is 40.0 Å². The molecule has 2 aromatic rings. The Bertz CT molecular complexity index is 1110. The van der Waals surface area contributed by atoms with Crippen LogP contribution in [0.5, 0.6) is 0 Å². The molecule has 0 aromatic heterocycles. The van der Waals surface area contributed by atoms with Crippen LogP contribution in [-0.4, -0.2) is 79.2 Å². The second-order valence-corrected chi connectivity index (χ2v) is 8.92. The second kappa shape index (κ2) is 10.7. The molecule has 0 unspecified atom stereocenters. The van der Waals surface area contributed by atoms with Gasteiger partial charge in [-0.25, -0.2) is 4.39 Å². The number of halogens is 2. The number of amides is 3. The van der Waals surface area contributed by atoms with Crippen LogP contribution in [0, 0.1) is 5.82 Å². The molecular formula is C25H27ClFN3O5. The molecule has 0 bridgehead atoms. The van der Waals surface area contributed by atoms with Gasteiger partial charge in [-0.2, -0.15) is 0 Å². The van der Waals surface area contributed by atoms with Gasteiger partial charge in [-0.3, -0.25) is 19.3 Å². The maximum absolute atomic E-state index is 13.9. The summed E-state index contributed by atoms with van der Waals surface area (Å²) in [6.07, 6.45) is 0.595. The van der Waals surface area contributed by atoms with E-state index in [0.29, 0.717) is 43.1 Å². The number of hydrogen-bond acceptors (Lipinski definition) is 5. The van der Waals surface area contributed by atoms with Crippen molar-refractivity contribution in [1.82, 2.24) is 15.1 Å². The molecule has 35 heavy (non-hydrogen) atoms. The Hall–Kier alpha value is -3.01. The number of nitrogens with zero attached hydrogens (tertiary/aromatic N) is 2. The molecular weight excluding hydrogens is 477 g/mol. The van der Waals surface area contributed by atoms with Gasteiger partial charge >= 0.3 is 0 Å². The van der Waals surface area contributed by atoms with Crippen molar-refractivity contribution >= 4 is 29.3 Å². The van der Waals surface area contributed by atoms with Gasteiger partial charge in [0.15, 0.2) is 0 Å². The molecule has 0 radical (unpaired) electrons. The normalized spacial score (nSPS) is 19.1. The Morgan fingerprint density at radius 2 is 1.89 bits per heavy atom. The minimum absolute atomic E-state index is 0.00166. The Morgan fingerprint density at radius 3 is 2.57 bits per heavy atom. The fourth-order valence-electron chi connectivity index (χ4n) is 4.59. The van der Waals surface area contributed by atoms with E-state index in [9.17, 15) is 18.8 Å². The molecule has 2 saturated heterocycles. The highest BCUT2D eigenvalue weighted by Crippen LogP contribution is 2.39. The quantitative estimate of drug-likeness (QED) is 0.612. The summed E-state index contributed by atoms with van der Waals surface area (Å²) in [5.41, 5.74) is -0.566. The zero-order chi connectivity index (χ0) is 25.0. The zero-order valence-corrected chi connectivity index (χ0v) is 20.1. The first-order valence-corrected chi connectivity index (χ1v) is 11.8. The van der Waals surface area contributed by atoms with E-state index in [1.54, 1.807) is 29.2 Å². The minimum atomic E-state index is -1.09. The van der Waals surface area contributed by atoms with Crippen LogP contribution in [0.25, 0.3) is 0 Å². The van der Waals surface area contributed by atoms with Gasteiger partial charge in [0.1, 0.15) is 17.6 Å². The van der Waals surface area contributed by atoms with Gasteiger partial charge in [0.05, 0.1) is 23.8 Å². The SMILES string of the molecule is COCCNC(=O)[C@@H]1COC2(CCN(C(=O)c3ccccc3Cl)CC2)N1C(=O)c1cccc(F)c1. The smallest absolute Gasteiger partial charge is 0.256 e. The van der Waals surface area contributed by atoms with Crippen LogP contribution >= 0.6 is 11.6 Å². The maximum Gasteiger partial charge on any atom is 0.256 e. The number of likely N-dealkylation sites (tertiary alicyclic amines) is 1. The van der Waals surface area contributed by atoms with Crippen molar-refractivity contribution in [1.29, 1.82) is 0 Å². The molecule has 2 aliphatic rings. The summed E-state index contributed by atoms with van der Waals surface area (Å²) in [6.45, 7) is 1.20. The van der Waals surface area contributed by atoms with Crippen molar-refractivity contribution in [2.45, 2.75) is 24.6 Å². The Kier molecular flexibility index (Phi) is 7.69. The summed E-state index contributed by atoms with van der Waals surface area (Å²) in [5.74, 6) is -1.63. The van der Waals surface area contributed by atoms with E-state index in [-0.39, 0.29) is 30.5 Å². The first-order valence-electron chi connectivity index (χ1n) is 11.4. The molecule has 10 heteroatoms. The molecule has 4 rings (SSSR count). The van der Waals surface area contributed by atoms with Crippen LogP contribution in [0.1, 0.15) is 33.6 Å². The number of carbonyl (C=O) groups is 3. The highest BCUT2D eigenvalue weighted by molar-refractivity contribution is 6.33. The zero-order valence-electron chi connectivity index (χ0n) is 19.3. The third-order valence-corrected chi connectivity index (χ3v) is 6.72. The third-order valence-electron chi connectivity index (χ3n) is 6.40. The number of hydrogen-bond donors (Lipinski definition) is 1. The van der Waals surface area contributed by atoms with Crippen LogP contribution in [0.15, 0.2) is 48.5 Å². The van der Waals surface area contributed by atoms with Gasteiger partial charge in [0.2, 0.25) is 5.91 Å². The van der Waals surface area contributed by atoms with E-state index >= 15 is 0 Å². The lowest BCUT2D eigenvalue weighted by Crippen LogP contribution is -2.60. The van der Waals surface area contributed by atoms with E-state index in [0.717, 1.165) is 6.07 Å². The summed E-state index contributed by atoms with van der Waals surface area (Å²) in [6, 6.07) is 11.3.